The highest BCUT2D eigenvalue weighted by Crippen LogP contribution is 2.54. The Balaban J connectivity index is 1.70. The van der Waals surface area contributed by atoms with Crippen LogP contribution in [0.5, 0.6) is 0 Å². The van der Waals surface area contributed by atoms with Gasteiger partial charge in [-0.3, -0.25) is 4.79 Å². The molecule has 0 saturated heterocycles. The van der Waals surface area contributed by atoms with E-state index in [4.69, 9.17) is 0 Å². The lowest BCUT2D eigenvalue weighted by Crippen LogP contribution is -2.36. The lowest BCUT2D eigenvalue weighted by atomic mass is 9.66. The van der Waals surface area contributed by atoms with Crippen molar-refractivity contribution < 1.29 is 4.79 Å². The van der Waals surface area contributed by atoms with Crippen molar-refractivity contribution in [1.82, 2.24) is 0 Å². The molecule has 0 heterocycles. The van der Waals surface area contributed by atoms with Crippen LogP contribution in [-0.2, 0) is 12.8 Å². The number of benzene rings is 3. The summed E-state index contributed by atoms with van der Waals surface area (Å²) < 4.78 is 1.06. The third-order valence-corrected chi connectivity index (χ3v) is 7.92. The topological polar surface area (TPSA) is 17.1 Å². The quantitative estimate of drug-likeness (QED) is 0.433. The summed E-state index contributed by atoms with van der Waals surface area (Å²) in [5.74, 6) is 0.387. The highest BCUT2D eigenvalue weighted by molar-refractivity contribution is 9.10. The van der Waals surface area contributed by atoms with E-state index in [1.807, 2.05) is 6.07 Å². The van der Waals surface area contributed by atoms with Crippen LogP contribution in [0.15, 0.2) is 71.2 Å². The normalized spacial score (nSPS) is 22.0. The number of Topliss-reactive ketones (excluding diaryl/α,β-unsaturated/α-hetero) is 1. The second kappa shape index (κ2) is 6.81. The molecule has 29 heavy (non-hydrogen) atoms. The number of halogens is 1. The van der Waals surface area contributed by atoms with Gasteiger partial charge in [0.05, 0.1) is 5.41 Å². The van der Waals surface area contributed by atoms with Crippen molar-refractivity contribution >= 4 is 27.8 Å². The van der Waals surface area contributed by atoms with E-state index in [2.05, 4.69) is 96.5 Å². The summed E-state index contributed by atoms with van der Waals surface area (Å²) >= 11 is 3.71. The van der Waals surface area contributed by atoms with Gasteiger partial charge in [-0.2, -0.15) is 0 Å². The van der Waals surface area contributed by atoms with E-state index in [9.17, 15) is 4.79 Å². The first-order valence-corrected chi connectivity index (χ1v) is 10.9. The van der Waals surface area contributed by atoms with Crippen molar-refractivity contribution in [2.24, 2.45) is 5.41 Å². The standard InChI is InChI=1S/C27H23BrO/c1-17-14-21-16-27(15-19-8-4-3-5-9-19,26(29)24(21)18(2)25(17)28)23-13-12-20-10-6-7-11-22(20)23/h3-14,23H,15-16H2,1-2H3. The van der Waals surface area contributed by atoms with Crippen molar-refractivity contribution in [3.05, 3.63) is 110 Å². The monoisotopic (exact) mass is 442 g/mol. The van der Waals surface area contributed by atoms with Crippen molar-refractivity contribution in [3.63, 3.8) is 0 Å². The van der Waals surface area contributed by atoms with Gasteiger partial charge in [0.2, 0.25) is 0 Å². The summed E-state index contributed by atoms with van der Waals surface area (Å²) in [5, 5.41) is 0. The van der Waals surface area contributed by atoms with Gasteiger partial charge in [0.15, 0.2) is 5.78 Å². The zero-order valence-corrected chi connectivity index (χ0v) is 18.3. The van der Waals surface area contributed by atoms with E-state index in [0.29, 0.717) is 5.78 Å². The van der Waals surface area contributed by atoms with Gasteiger partial charge in [0.1, 0.15) is 0 Å². The first-order chi connectivity index (χ1) is 14.0. The average molecular weight is 443 g/mol. The average Bonchev–Trinajstić information content (AvgIpc) is 3.27. The highest BCUT2D eigenvalue weighted by atomic mass is 79.9. The summed E-state index contributed by atoms with van der Waals surface area (Å²) in [7, 11) is 0. The van der Waals surface area contributed by atoms with Crippen LogP contribution in [0.25, 0.3) is 6.08 Å². The Kier molecular flexibility index (Phi) is 4.36. The number of carbonyl (C=O) groups excluding carboxylic acids is 1. The molecule has 0 N–H and O–H groups in total. The molecular weight excluding hydrogens is 420 g/mol. The SMILES string of the molecule is Cc1cc2c(c(C)c1Br)C(=O)C(Cc1ccccc1)(C1C=Cc3ccccc31)C2. The summed E-state index contributed by atoms with van der Waals surface area (Å²) in [6.07, 6.45) is 5.99. The second-order valence-corrected chi connectivity index (χ2v) is 9.25. The molecule has 0 amide bonds. The molecule has 2 atom stereocenters. The maximum atomic E-state index is 14.1. The van der Waals surface area contributed by atoms with E-state index >= 15 is 0 Å². The number of fused-ring (bicyclic) bond motifs is 2. The number of ketones is 1. The molecule has 1 nitrogen and oxygen atoms in total. The van der Waals surface area contributed by atoms with Gasteiger partial charge in [-0.1, -0.05) is 88.7 Å². The van der Waals surface area contributed by atoms with Crippen LogP contribution in [0.3, 0.4) is 0 Å². The lowest BCUT2D eigenvalue weighted by Gasteiger charge is -2.34. The van der Waals surface area contributed by atoms with Crippen LogP contribution in [0.4, 0.5) is 0 Å². The highest BCUT2D eigenvalue weighted by Gasteiger charge is 2.52. The van der Waals surface area contributed by atoms with Gasteiger partial charge in [0, 0.05) is 16.0 Å². The molecule has 3 aromatic rings. The number of aryl methyl sites for hydroxylation is 1. The predicted octanol–water partition coefficient (Wildman–Crippen LogP) is 6.84. The molecule has 0 bridgehead atoms. The zero-order chi connectivity index (χ0) is 20.2. The Bertz CT molecular complexity index is 1160. The molecule has 144 valence electrons. The Morgan fingerprint density at radius 3 is 2.55 bits per heavy atom. The van der Waals surface area contributed by atoms with Gasteiger partial charge in [0.25, 0.3) is 0 Å². The molecule has 0 fully saturated rings. The Morgan fingerprint density at radius 1 is 1.03 bits per heavy atom. The molecule has 3 aromatic carbocycles. The number of hydrogen-bond acceptors (Lipinski definition) is 1. The van der Waals surface area contributed by atoms with Crippen molar-refractivity contribution in [2.45, 2.75) is 32.6 Å². The minimum Gasteiger partial charge on any atom is -0.293 e. The van der Waals surface area contributed by atoms with Crippen molar-refractivity contribution in [1.29, 1.82) is 0 Å². The fourth-order valence-electron chi connectivity index (χ4n) is 5.36. The molecule has 0 aromatic heterocycles. The van der Waals surface area contributed by atoms with E-state index in [1.54, 1.807) is 0 Å². The first-order valence-electron chi connectivity index (χ1n) is 10.2. The molecule has 0 saturated carbocycles. The fraction of sp³-hybridized carbons (Fsp3) is 0.222. The van der Waals surface area contributed by atoms with Crippen molar-refractivity contribution in [3.8, 4) is 0 Å². The molecular formula is C27H23BrO. The summed E-state index contributed by atoms with van der Waals surface area (Å²) in [6, 6.07) is 21.2. The smallest absolute Gasteiger partial charge is 0.171 e. The fourth-order valence-corrected chi connectivity index (χ4v) is 5.68. The van der Waals surface area contributed by atoms with Gasteiger partial charge >= 0.3 is 0 Å². The summed E-state index contributed by atoms with van der Waals surface area (Å²) in [6.45, 7) is 4.19. The van der Waals surface area contributed by atoms with E-state index < -0.39 is 5.41 Å². The number of carbonyl (C=O) groups is 1. The number of hydrogen-bond donors (Lipinski definition) is 0. The molecule has 0 aliphatic heterocycles. The maximum Gasteiger partial charge on any atom is 0.171 e. The van der Waals surface area contributed by atoms with E-state index in [-0.39, 0.29) is 5.92 Å². The van der Waals surface area contributed by atoms with Crippen LogP contribution in [-0.4, -0.2) is 5.78 Å². The third-order valence-electron chi connectivity index (χ3n) is 6.70. The van der Waals surface area contributed by atoms with Crippen LogP contribution < -0.4 is 0 Å². The van der Waals surface area contributed by atoms with Gasteiger partial charge in [-0.15, -0.1) is 0 Å². The van der Waals surface area contributed by atoms with Gasteiger partial charge in [-0.25, -0.2) is 0 Å². The second-order valence-electron chi connectivity index (χ2n) is 8.46. The summed E-state index contributed by atoms with van der Waals surface area (Å²) in [4.78, 5) is 14.1. The third kappa shape index (κ3) is 2.77. The minimum absolute atomic E-state index is 0.0947. The zero-order valence-electron chi connectivity index (χ0n) is 16.7. The van der Waals surface area contributed by atoms with Crippen LogP contribution in [0, 0.1) is 19.3 Å². The predicted molar refractivity (Wildman–Crippen MR) is 122 cm³/mol. The Morgan fingerprint density at radius 2 is 1.76 bits per heavy atom. The maximum absolute atomic E-state index is 14.1. The van der Waals surface area contributed by atoms with E-state index in [1.165, 1.54) is 27.8 Å². The van der Waals surface area contributed by atoms with E-state index in [0.717, 1.165) is 28.4 Å². The van der Waals surface area contributed by atoms with Crippen LogP contribution in [0.2, 0.25) is 0 Å². The molecule has 2 heteroatoms. The molecule has 2 unspecified atom stereocenters. The number of rotatable bonds is 3. The molecule has 0 radical (unpaired) electrons. The molecule has 5 rings (SSSR count). The lowest BCUT2D eigenvalue weighted by molar-refractivity contribution is 0.0795. The molecule has 2 aliphatic carbocycles. The van der Waals surface area contributed by atoms with Gasteiger partial charge < -0.3 is 0 Å². The molecule has 0 spiro atoms. The minimum atomic E-state index is -0.481. The van der Waals surface area contributed by atoms with Crippen LogP contribution in [0.1, 0.15) is 49.7 Å². The largest absolute Gasteiger partial charge is 0.293 e. The Hall–Kier alpha value is -2.45. The van der Waals surface area contributed by atoms with Gasteiger partial charge in [-0.05, 0) is 60.1 Å². The number of allylic oxidation sites excluding steroid dienone is 1. The molecule has 2 aliphatic rings. The summed E-state index contributed by atoms with van der Waals surface area (Å²) in [5.41, 5.74) is 7.66. The van der Waals surface area contributed by atoms with Crippen molar-refractivity contribution in [2.75, 3.05) is 0 Å². The Labute approximate surface area is 180 Å². The first kappa shape index (κ1) is 18.6. The van der Waals surface area contributed by atoms with Crippen LogP contribution >= 0.6 is 15.9 Å².